The lowest BCUT2D eigenvalue weighted by atomic mass is 10.1. The Hall–Kier alpha value is -4.17. The molecule has 2 aromatic carbocycles. The van der Waals surface area contributed by atoms with E-state index < -0.39 is 0 Å². The summed E-state index contributed by atoms with van der Waals surface area (Å²) in [6.45, 7) is 6.00. The minimum absolute atomic E-state index is 0.186. The van der Waals surface area contributed by atoms with E-state index in [-0.39, 0.29) is 5.56 Å². The van der Waals surface area contributed by atoms with Gasteiger partial charge in [0.05, 0.1) is 23.9 Å². The van der Waals surface area contributed by atoms with E-state index in [2.05, 4.69) is 32.0 Å². The van der Waals surface area contributed by atoms with Crippen LogP contribution in [0.25, 0.3) is 17.1 Å². The van der Waals surface area contributed by atoms with Crippen LogP contribution in [0.5, 0.6) is 0 Å². The van der Waals surface area contributed by atoms with Crippen molar-refractivity contribution in [2.45, 2.75) is 20.8 Å². The molecule has 176 valence electrons. The zero-order chi connectivity index (χ0) is 24.5. The summed E-state index contributed by atoms with van der Waals surface area (Å²) in [5.74, 6) is 0.673. The molecular formula is C27H25N5O2S. The lowest BCUT2D eigenvalue weighted by Crippen LogP contribution is -2.19. The fourth-order valence-electron chi connectivity index (χ4n) is 3.88. The van der Waals surface area contributed by atoms with Gasteiger partial charge in [0.2, 0.25) is 4.80 Å². The van der Waals surface area contributed by atoms with Crippen molar-refractivity contribution in [3.63, 3.8) is 0 Å². The molecule has 8 heteroatoms. The van der Waals surface area contributed by atoms with Crippen LogP contribution >= 0.6 is 11.3 Å². The van der Waals surface area contributed by atoms with Gasteiger partial charge in [-0.25, -0.2) is 14.4 Å². The zero-order valence-corrected chi connectivity index (χ0v) is 20.8. The molecular weight excluding hydrogens is 458 g/mol. The van der Waals surface area contributed by atoms with Crippen LogP contribution in [-0.4, -0.2) is 20.3 Å². The lowest BCUT2D eigenvalue weighted by Gasteiger charge is -2.07. The van der Waals surface area contributed by atoms with Crippen LogP contribution < -0.4 is 10.4 Å². The monoisotopic (exact) mass is 483 g/mol. The Labute approximate surface area is 206 Å². The van der Waals surface area contributed by atoms with Crippen molar-refractivity contribution in [2.75, 3.05) is 0 Å². The van der Waals surface area contributed by atoms with E-state index in [9.17, 15) is 4.79 Å². The number of aryl methyl sites for hydroxylation is 2. The molecule has 0 aliphatic heterocycles. The molecule has 3 heterocycles. The third-order valence-electron chi connectivity index (χ3n) is 5.94. The second kappa shape index (κ2) is 9.23. The number of benzene rings is 2. The van der Waals surface area contributed by atoms with Gasteiger partial charge in [-0.1, -0.05) is 42.0 Å². The molecule has 0 amide bonds. The Balaban J connectivity index is 1.69. The van der Waals surface area contributed by atoms with Crippen LogP contribution in [0.2, 0.25) is 0 Å². The molecule has 0 atom stereocenters. The summed E-state index contributed by atoms with van der Waals surface area (Å²) in [4.78, 5) is 18.8. The number of rotatable bonds is 5. The van der Waals surface area contributed by atoms with Gasteiger partial charge in [0.25, 0.3) is 5.56 Å². The minimum atomic E-state index is -0.186. The van der Waals surface area contributed by atoms with Crippen molar-refractivity contribution in [3.05, 3.63) is 110 Å². The maximum absolute atomic E-state index is 13.4. The first-order valence-electron chi connectivity index (χ1n) is 11.2. The maximum atomic E-state index is 13.4. The molecule has 0 fully saturated rings. The Kier molecular flexibility index (Phi) is 5.96. The Morgan fingerprint density at radius 3 is 2.54 bits per heavy atom. The Morgan fingerprint density at radius 2 is 1.80 bits per heavy atom. The van der Waals surface area contributed by atoms with Gasteiger partial charge in [-0.05, 0) is 56.2 Å². The predicted octanol–water partition coefficient (Wildman–Crippen LogP) is 5.34. The summed E-state index contributed by atoms with van der Waals surface area (Å²) in [6, 6.07) is 19.5. The van der Waals surface area contributed by atoms with Gasteiger partial charge in [0.15, 0.2) is 11.4 Å². The van der Waals surface area contributed by atoms with E-state index in [0.29, 0.717) is 16.2 Å². The summed E-state index contributed by atoms with van der Waals surface area (Å²) in [5, 5.41) is 6.71. The van der Waals surface area contributed by atoms with E-state index in [1.807, 2.05) is 72.7 Å². The van der Waals surface area contributed by atoms with Crippen molar-refractivity contribution in [2.24, 2.45) is 17.1 Å². The predicted molar refractivity (Wildman–Crippen MR) is 140 cm³/mol. The second-order valence-electron chi connectivity index (χ2n) is 8.32. The topological polar surface area (TPSA) is 69.7 Å². The number of aromatic nitrogens is 3. The van der Waals surface area contributed by atoms with Gasteiger partial charge in [-0.2, -0.15) is 5.10 Å². The molecule has 35 heavy (non-hydrogen) atoms. The fraction of sp³-hybridized carbons (Fsp3) is 0.148. The molecule has 7 nitrogen and oxygen atoms in total. The summed E-state index contributed by atoms with van der Waals surface area (Å²) >= 11 is 1.41. The first-order valence-corrected chi connectivity index (χ1v) is 12.1. The number of hydrogen-bond acceptors (Lipinski definition) is 5. The van der Waals surface area contributed by atoms with E-state index in [1.165, 1.54) is 11.3 Å². The molecule has 0 radical (unpaired) electrons. The molecule has 0 aliphatic rings. The molecule has 0 N–H and O–H groups in total. The van der Waals surface area contributed by atoms with Gasteiger partial charge in [-0.15, -0.1) is 11.3 Å². The van der Waals surface area contributed by atoms with E-state index in [1.54, 1.807) is 15.6 Å². The molecule has 0 aliphatic carbocycles. The summed E-state index contributed by atoms with van der Waals surface area (Å²) in [5.41, 5.74) is 5.79. The largest absolute Gasteiger partial charge is 0.463 e. The highest BCUT2D eigenvalue weighted by atomic mass is 32.1. The summed E-state index contributed by atoms with van der Waals surface area (Å²) in [6.07, 6.45) is 3.45. The first-order chi connectivity index (χ1) is 16.9. The molecule has 0 spiro atoms. The SMILES string of the molecule is Cc1ccc(C)c(C=Nn2c(-c3ccco3)csc2=Nc2c(C)n(C)n(-c3ccccc3)c2=O)c1. The van der Waals surface area contributed by atoms with Crippen LogP contribution in [0.15, 0.2) is 91.6 Å². The van der Waals surface area contributed by atoms with Crippen molar-refractivity contribution in [1.29, 1.82) is 0 Å². The van der Waals surface area contributed by atoms with Crippen LogP contribution in [0, 0.1) is 20.8 Å². The van der Waals surface area contributed by atoms with Crippen molar-refractivity contribution < 1.29 is 4.42 Å². The van der Waals surface area contributed by atoms with Crippen LogP contribution in [-0.2, 0) is 7.05 Å². The first kappa shape index (κ1) is 22.6. The van der Waals surface area contributed by atoms with Crippen LogP contribution in [0.4, 0.5) is 5.69 Å². The number of furan rings is 1. The average molecular weight is 484 g/mol. The van der Waals surface area contributed by atoms with Gasteiger partial charge in [0.1, 0.15) is 5.69 Å². The average Bonchev–Trinajstić information content (AvgIpc) is 3.57. The van der Waals surface area contributed by atoms with E-state index in [0.717, 1.165) is 33.8 Å². The molecule has 0 saturated carbocycles. The summed E-state index contributed by atoms with van der Waals surface area (Å²) < 4.78 is 10.8. The number of para-hydroxylation sites is 1. The highest BCUT2D eigenvalue weighted by molar-refractivity contribution is 7.07. The Morgan fingerprint density at radius 1 is 1.00 bits per heavy atom. The van der Waals surface area contributed by atoms with E-state index >= 15 is 0 Å². The third kappa shape index (κ3) is 4.24. The third-order valence-corrected chi connectivity index (χ3v) is 6.75. The molecule has 3 aromatic heterocycles. The number of thiazole rings is 1. The molecule has 0 saturated heterocycles. The summed E-state index contributed by atoms with van der Waals surface area (Å²) in [7, 11) is 1.86. The highest BCUT2D eigenvalue weighted by Crippen LogP contribution is 2.22. The molecule has 5 aromatic rings. The molecule has 0 unspecified atom stereocenters. The fourth-order valence-corrected chi connectivity index (χ4v) is 4.70. The lowest BCUT2D eigenvalue weighted by molar-refractivity contribution is 0.575. The van der Waals surface area contributed by atoms with Crippen molar-refractivity contribution in [3.8, 4) is 17.1 Å². The van der Waals surface area contributed by atoms with Crippen molar-refractivity contribution in [1.82, 2.24) is 14.0 Å². The number of hydrogen-bond donors (Lipinski definition) is 0. The molecule has 5 rings (SSSR count). The van der Waals surface area contributed by atoms with E-state index in [4.69, 9.17) is 14.5 Å². The Bertz CT molecular complexity index is 1650. The quantitative estimate of drug-likeness (QED) is 0.317. The normalized spacial score (nSPS) is 12.2. The van der Waals surface area contributed by atoms with Crippen LogP contribution in [0.3, 0.4) is 0 Å². The zero-order valence-electron chi connectivity index (χ0n) is 20.0. The smallest absolute Gasteiger partial charge is 0.297 e. The van der Waals surface area contributed by atoms with Crippen molar-refractivity contribution >= 4 is 23.2 Å². The van der Waals surface area contributed by atoms with Gasteiger partial charge < -0.3 is 4.42 Å². The number of nitrogens with zero attached hydrogens (tertiary/aromatic N) is 5. The second-order valence-corrected chi connectivity index (χ2v) is 9.16. The highest BCUT2D eigenvalue weighted by Gasteiger charge is 2.17. The van der Waals surface area contributed by atoms with Gasteiger partial charge >= 0.3 is 0 Å². The standard InChI is InChI=1S/C27H25N5O2S/c1-18-12-13-19(2)21(15-18)16-28-31-23(24-11-8-14-34-24)17-35-27(31)29-25-20(3)30(4)32(26(25)33)22-9-6-5-7-10-22/h5-17H,1-4H3. The maximum Gasteiger partial charge on any atom is 0.297 e. The molecule has 0 bridgehead atoms. The van der Waals surface area contributed by atoms with Gasteiger partial charge in [-0.3, -0.25) is 9.48 Å². The van der Waals surface area contributed by atoms with Crippen LogP contribution in [0.1, 0.15) is 22.4 Å². The minimum Gasteiger partial charge on any atom is -0.463 e. The van der Waals surface area contributed by atoms with Gasteiger partial charge in [0, 0.05) is 12.4 Å².